The fourth-order valence-electron chi connectivity index (χ4n) is 4.14. The van der Waals surface area contributed by atoms with Gasteiger partial charge in [0.2, 0.25) is 0 Å². The predicted octanol–water partition coefficient (Wildman–Crippen LogP) is 3.24. The van der Waals surface area contributed by atoms with E-state index in [9.17, 15) is 13.2 Å². The number of rotatable bonds is 13. The monoisotopic (exact) mass is 532 g/mol. The third kappa shape index (κ3) is 7.43. The van der Waals surface area contributed by atoms with E-state index in [1.807, 2.05) is 32.3 Å². The number of benzene rings is 1. The first-order valence-electron chi connectivity index (χ1n) is 12.0. The standard InChI is InChI=1S/C26H36N4O6S/c1-29(2)16-18-12-24(35-5)20(13-23(18)34-4)22-17-30(3)26(31)21-15-28-25(14-19(21)22)27-10-8-7-9-11-36-37(6,32)33/h12-15,17H,7-11,16H2,1-6H3,(H,27,28). The second-order valence-corrected chi connectivity index (χ2v) is 10.8. The number of pyridine rings is 2. The summed E-state index contributed by atoms with van der Waals surface area (Å²) in [6.07, 6.45) is 6.70. The molecule has 0 radical (unpaired) electrons. The van der Waals surface area contributed by atoms with Gasteiger partial charge in [-0.3, -0.25) is 8.98 Å². The Morgan fingerprint density at radius 3 is 2.38 bits per heavy atom. The zero-order valence-electron chi connectivity index (χ0n) is 22.3. The van der Waals surface area contributed by atoms with Gasteiger partial charge < -0.3 is 24.3 Å². The Hall–Kier alpha value is -3.15. The predicted molar refractivity (Wildman–Crippen MR) is 146 cm³/mol. The minimum Gasteiger partial charge on any atom is -0.496 e. The highest BCUT2D eigenvalue weighted by atomic mass is 32.2. The Morgan fingerprint density at radius 1 is 1.00 bits per heavy atom. The molecule has 3 rings (SSSR count). The van der Waals surface area contributed by atoms with Gasteiger partial charge in [0, 0.05) is 54.6 Å². The van der Waals surface area contributed by atoms with E-state index in [4.69, 9.17) is 13.7 Å². The first kappa shape index (κ1) is 28.4. The van der Waals surface area contributed by atoms with Crippen molar-refractivity contribution >= 4 is 26.7 Å². The molecule has 202 valence electrons. The van der Waals surface area contributed by atoms with Crippen LogP contribution in [-0.4, -0.2) is 70.6 Å². The summed E-state index contributed by atoms with van der Waals surface area (Å²) in [6.45, 7) is 1.51. The second-order valence-electron chi connectivity index (χ2n) is 9.19. The molecule has 2 aromatic heterocycles. The van der Waals surface area contributed by atoms with Crippen LogP contribution in [0, 0.1) is 0 Å². The van der Waals surface area contributed by atoms with Crippen LogP contribution in [0.2, 0.25) is 0 Å². The Labute approximate surface area is 218 Å². The number of aromatic nitrogens is 2. The third-order valence-corrected chi connectivity index (χ3v) is 6.47. The van der Waals surface area contributed by atoms with Crippen molar-refractivity contribution in [1.82, 2.24) is 14.5 Å². The van der Waals surface area contributed by atoms with Gasteiger partial charge in [0.15, 0.2) is 0 Å². The molecule has 0 aliphatic carbocycles. The van der Waals surface area contributed by atoms with E-state index in [1.165, 1.54) is 0 Å². The van der Waals surface area contributed by atoms with Crippen molar-refractivity contribution in [3.05, 3.63) is 46.5 Å². The summed E-state index contributed by atoms with van der Waals surface area (Å²) in [4.78, 5) is 19.4. The highest BCUT2D eigenvalue weighted by Gasteiger charge is 2.18. The SMILES string of the molecule is COc1cc(-c2cn(C)c(=O)c3cnc(NCCCCCOS(C)(=O)=O)cc23)c(OC)cc1CN(C)C. The molecule has 0 unspecified atom stereocenters. The number of nitrogens with zero attached hydrogens (tertiary/aromatic N) is 3. The fourth-order valence-corrected chi connectivity index (χ4v) is 4.56. The topological polar surface area (TPSA) is 112 Å². The van der Waals surface area contributed by atoms with Crippen molar-refractivity contribution in [3.63, 3.8) is 0 Å². The number of hydrogen-bond donors (Lipinski definition) is 1. The van der Waals surface area contributed by atoms with E-state index in [0.29, 0.717) is 36.5 Å². The van der Waals surface area contributed by atoms with Crippen LogP contribution in [0.15, 0.2) is 35.4 Å². The Morgan fingerprint density at radius 2 is 1.73 bits per heavy atom. The molecule has 0 fully saturated rings. The number of nitrogens with one attached hydrogen (secondary N) is 1. The largest absolute Gasteiger partial charge is 0.496 e. The van der Waals surface area contributed by atoms with Crippen LogP contribution >= 0.6 is 0 Å². The smallest absolute Gasteiger partial charge is 0.264 e. The number of anilines is 1. The molecule has 1 N–H and O–H groups in total. The van der Waals surface area contributed by atoms with E-state index in [0.717, 1.165) is 46.9 Å². The summed E-state index contributed by atoms with van der Waals surface area (Å²) in [5.41, 5.74) is 2.49. The first-order valence-corrected chi connectivity index (χ1v) is 13.8. The molecule has 2 heterocycles. The zero-order chi connectivity index (χ0) is 27.2. The summed E-state index contributed by atoms with van der Waals surface area (Å²) in [5, 5.41) is 4.55. The lowest BCUT2D eigenvalue weighted by Gasteiger charge is -2.19. The molecule has 0 spiro atoms. The summed E-state index contributed by atoms with van der Waals surface area (Å²) >= 11 is 0. The maximum Gasteiger partial charge on any atom is 0.264 e. The Kier molecular flexibility index (Phi) is 9.52. The number of methoxy groups -OCH3 is 2. The average molecular weight is 533 g/mol. The molecule has 0 aliphatic rings. The van der Waals surface area contributed by atoms with Crippen LogP contribution in [-0.2, 0) is 27.9 Å². The van der Waals surface area contributed by atoms with Gasteiger partial charge in [-0.2, -0.15) is 8.42 Å². The van der Waals surface area contributed by atoms with Crippen LogP contribution in [0.4, 0.5) is 5.82 Å². The number of unbranched alkanes of at least 4 members (excludes halogenated alkanes) is 2. The molecule has 0 atom stereocenters. The number of fused-ring (bicyclic) bond motifs is 1. The van der Waals surface area contributed by atoms with Gasteiger partial charge in [-0.15, -0.1) is 0 Å². The molecular weight excluding hydrogens is 496 g/mol. The zero-order valence-corrected chi connectivity index (χ0v) is 23.1. The summed E-state index contributed by atoms with van der Waals surface area (Å²) in [6, 6.07) is 5.79. The maximum atomic E-state index is 12.9. The molecule has 0 saturated carbocycles. The highest BCUT2D eigenvalue weighted by molar-refractivity contribution is 7.85. The van der Waals surface area contributed by atoms with Gasteiger partial charge in [0.25, 0.3) is 15.7 Å². The maximum absolute atomic E-state index is 12.9. The van der Waals surface area contributed by atoms with Gasteiger partial charge in [0.1, 0.15) is 17.3 Å². The first-order chi connectivity index (χ1) is 17.5. The highest BCUT2D eigenvalue weighted by Crippen LogP contribution is 2.39. The van der Waals surface area contributed by atoms with E-state index in [-0.39, 0.29) is 12.2 Å². The van der Waals surface area contributed by atoms with E-state index in [2.05, 4.69) is 15.2 Å². The van der Waals surface area contributed by atoms with Crippen LogP contribution in [0.25, 0.3) is 21.9 Å². The average Bonchev–Trinajstić information content (AvgIpc) is 2.84. The van der Waals surface area contributed by atoms with Gasteiger partial charge in [-0.05, 0) is 51.6 Å². The second kappa shape index (κ2) is 12.4. The molecule has 0 saturated heterocycles. The molecular formula is C26H36N4O6S. The van der Waals surface area contributed by atoms with E-state index < -0.39 is 10.1 Å². The molecule has 0 bridgehead atoms. The van der Waals surface area contributed by atoms with Crippen LogP contribution < -0.4 is 20.3 Å². The Balaban J connectivity index is 1.92. The minimum absolute atomic E-state index is 0.140. The number of hydrogen-bond acceptors (Lipinski definition) is 9. The lowest BCUT2D eigenvalue weighted by molar-refractivity contribution is 0.311. The van der Waals surface area contributed by atoms with Crippen molar-refractivity contribution in [1.29, 1.82) is 0 Å². The number of aryl methyl sites for hydroxylation is 1. The van der Waals surface area contributed by atoms with Gasteiger partial charge in [-0.25, -0.2) is 4.98 Å². The molecule has 11 heteroatoms. The quantitative estimate of drug-likeness (QED) is 0.262. The molecule has 3 aromatic rings. The van der Waals surface area contributed by atoms with Crippen molar-refractivity contribution in [2.24, 2.45) is 7.05 Å². The third-order valence-electron chi connectivity index (χ3n) is 5.87. The molecule has 10 nitrogen and oxygen atoms in total. The summed E-state index contributed by atoms with van der Waals surface area (Å²) in [5.74, 6) is 2.06. The van der Waals surface area contributed by atoms with Crippen molar-refractivity contribution < 1.29 is 22.1 Å². The van der Waals surface area contributed by atoms with Crippen LogP contribution in [0.3, 0.4) is 0 Å². The van der Waals surface area contributed by atoms with E-state index >= 15 is 0 Å². The normalized spacial score (nSPS) is 11.8. The lowest BCUT2D eigenvalue weighted by atomic mass is 9.98. The summed E-state index contributed by atoms with van der Waals surface area (Å²) < 4.78 is 39.8. The van der Waals surface area contributed by atoms with Crippen LogP contribution in [0.1, 0.15) is 24.8 Å². The molecule has 1 aromatic carbocycles. The Bertz CT molecular complexity index is 1400. The fraction of sp³-hybridized carbons (Fsp3) is 0.462. The minimum atomic E-state index is -3.40. The number of ether oxygens (including phenoxy) is 2. The molecule has 0 amide bonds. The summed E-state index contributed by atoms with van der Waals surface area (Å²) in [7, 11) is 5.57. The van der Waals surface area contributed by atoms with E-state index in [1.54, 1.807) is 38.2 Å². The van der Waals surface area contributed by atoms with Crippen molar-refractivity contribution in [2.75, 3.05) is 53.0 Å². The van der Waals surface area contributed by atoms with Crippen molar-refractivity contribution in [3.8, 4) is 22.6 Å². The van der Waals surface area contributed by atoms with Gasteiger partial charge in [-0.1, -0.05) is 0 Å². The van der Waals surface area contributed by atoms with Gasteiger partial charge >= 0.3 is 0 Å². The van der Waals surface area contributed by atoms with Crippen LogP contribution in [0.5, 0.6) is 11.5 Å². The molecule has 37 heavy (non-hydrogen) atoms. The van der Waals surface area contributed by atoms with Crippen molar-refractivity contribution in [2.45, 2.75) is 25.8 Å². The lowest BCUT2D eigenvalue weighted by Crippen LogP contribution is -2.17. The van der Waals surface area contributed by atoms with Gasteiger partial charge in [0.05, 0.1) is 32.5 Å². The molecule has 0 aliphatic heterocycles.